The second-order valence-electron chi connectivity index (χ2n) is 6.07. The molecule has 0 unspecified atom stereocenters. The molecule has 0 saturated carbocycles. The van der Waals surface area contributed by atoms with Crippen LogP contribution in [0.15, 0.2) is 82.4 Å². The summed E-state index contributed by atoms with van der Waals surface area (Å²) in [6.07, 6.45) is 0. The van der Waals surface area contributed by atoms with E-state index in [0.29, 0.717) is 10.8 Å². The molecule has 0 aliphatic rings. The standard InChI is InChI=1S/C22H12O2/c23-21-17-7-3-1-5-13(17)15-9-10-16-14-6-2-4-8-18(14)22(24)20(16)12-11-19(15)21/h1-12H. The van der Waals surface area contributed by atoms with Gasteiger partial charge in [-0.15, -0.1) is 0 Å². The van der Waals surface area contributed by atoms with Crippen molar-refractivity contribution in [2.24, 2.45) is 0 Å². The predicted octanol–water partition coefficient (Wildman–Crippen LogP) is 4.46. The van der Waals surface area contributed by atoms with E-state index < -0.39 is 0 Å². The van der Waals surface area contributed by atoms with Gasteiger partial charge in [0.2, 0.25) is 0 Å². The molecule has 0 amide bonds. The van der Waals surface area contributed by atoms with Crippen LogP contribution in [0.5, 0.6) is 0 Å². The predicted molar refractivity (Wildman–Crippen MR) is 100 cm³/mol. The largest absolute Gasteiger partial charge is 0.289 e. The second kappa shape index (κ2) is 4.62. The van der Waals surface area contributed by atoms with Crippen LogP contribution in [0.1, 0.15) is 0 Å². The van der Waals surface area contributed by atoms with Gasteiger partial charge in [-0.1, -0.05) is 60.7 Å². The van der Waals surface area contributed by atoms with Crippen LogP contribution >= 0.6 is 0 Å². The summed E-state index contributed by atoms with van der Waals surface area (Å²) in [4.78, 5) is 25.3. The zero-order chi connectivity index (χ0) is 16.3. The Labute approximate surface area is 136 Å². The van der Waals surface area contributed by atoms with Gasteiger partial charge in [-0.25, -0.2) is 0 Å². The van der Waals surface area contributed by atoms with E-state index in [9.17, 15) is 9.59 Å². The van der Waals surface area contributed by atoms with Crippen molar-refractivity contribution in [2.75, 3.05) is 0 Å². The Morgan fingerprint density at radius 3 is 1.00 bits per heavy atom. The van der Waals surface area contributed by atoms with Crippen molar-refractivity contribution < 1.29 is 0 Å². The smallest absolute Gasteiger partial charge is 0.194 e. The molecule has 112 valence electrons. The highest BCUT2D eigenvalue weighted by Gasteiger charge is 2.11. The lowest BCUT2D eigenvalue weighted by molar-refractivity contribution is 1.79. The molecule has 2 nitrogen and oxygen atoms in total. The van der Waals surface area contributed by atoms with Crippen LogP contribution in [0.4, 0.5) is 0 Å². The van der Waals surface area contributed by atoms with Crippen LogP contribution < -0.4 is 10.9 Å². The SMILES string of the molecule is O=c1c2ccccc2c2ccc3c(ccc12)c(=O)c1ccccc13. The zero-order valence-corrected chi connectivity index (χ0v) is 12.7. The normalized spacial score (nSPS) is 11.7. The molecule has 0 heterocycles. The van der Waals surface area contributed by atoms with E-state index in [4.69, 9.17) is 0 Å². The van der Waals surface area contributed by atoms with Crippen molar-refractivity contribution in [1.29, 1.82) is 0 Å². The van der Waals surface area contributed by atoms with Crippen molar-refractivity contribution in [3.8, 4) is 0 Å². The van der Waals surface area contributed by atoms with Crippen molar-refractivity contribution in [1.82, 2.24) is 0 Å². The highest BCUT2D eigenvalue weighted by molar-refractivity contribution is 6.14. The zero-order valence-electron chi connectivity index (χ0n) is 12.7. The topological polar surface area (TPSA) is 34.1 Å². The summed E-state index contributed by atoms with van der Waals surface area (Å²) < 4.78 is 0. The van der Waals surface area contributed by atoms with Gasteiger partial charge in [-0.3, -0.25) is 9.59 Å². The molecule has 0 spiro atoms. The van der Waals surface area contributed by atoms with Crippen LogP contribution in [0.3, 0.4) is 0 Å². The minimum atomic E-state index is 0.0218. The van der Waals surface area contributed by atoms with E-state index in [1.807, 2.05) is 60.7 Å². The van der Waals surface area contributed by atoms with Gasteiger partial charge < -0.3 is 0 Å². The van der Waals surface area contributed by atoms with Gasteiger partial charge in [0.25, 0.3) is 0 Å². The maximum Gasteiger partial charge on any atom is 0.194 e. The Kier molecular flexibility index (Phi) is 2.54. The van der Waals surface area contributed by atoms with Crippen molar-refractivity contribution in [3.05, 3.63) is 93.2 Å². The number of benzene rings is 2. The van der Waals surface area contributed by atoms with Gasteiger partial charge in [0, 0.05) is 21.5 Å². The van der Waals surface area contributed by atoms with Gasteiger partial charge in [0.05, 0.1) is 0 Å². The molecule has 5 aromatic carbocycles. The van der Waals surface area contributed by atoms with E-state index in [0.717, 1.165) is 32.3 Å². The molecule has 0 aromatic heterocycles. The van der Waals surface area contributed by atoms with Crippen molar-refractivity contribution in [2.45, 2.75) is 0 Å². The average Bonchev–Trinajstić information content (AvgIpc) is 3.01. The lowest BCUT2D eigenvalue weighted by Gasteiger charge is -1.91. The first-order chi connectivity index (χ1) is 11.8. The maximum atomic E-state index is 12.6. The quantitative estimate of drug-likeness (QED) is 0.423. The number of hydrogen-bond acceptors (Lipinski definition) is 2. The highest BCUT2D eigenvalue weighted by Crippen LogP contribution is 2.27. The number of hydrogen-bond donors (Lipinski definition) is 0. The highest BCUT2D eigenvalue weighted by atomic mass is 16.1. The van der Waals surface area contributed by atoms with Gasteiger partial charge in [0.15, 0.2) is 10.9 Å². The summed E-state index contributed by atoms with van der Waals surface area (Å²) in [5, 5.41) is 6.53. The summed E-state index contributed by atoms with van der Waals surface area (Å²) >= 11 is 0. The fourth-order valence-electron chi connectivity index (χ4n) is 3.68. The van der Waals surface area contributed by atoms with Gasteiger partial charge >= 0.3 is 0 Å². The molecule has 0 bridgehead atoms. The third-order valence-corrected chi connectivity index (χ3v) is 4.83. The molecule has 2 heteroatoms. The molecule has 5 aromatic rings. The molecule has 0 radical (unpaired) electrons. The van der Waals surface area contributed by atoms with E-state index in [-0.39, 0.29) is 10.9 Å². The van der Waals surface area contributed by atoms with E-state index in [2.05, 4.69) is 0 Å². The fourth-order valence-corrected chi connectivity index (χ4v) is 3.68. The molecule has 24 heavy (non-hydrogen) atoms. The molecule has 0 fully saturated rings. The van der Waals surface area contributed by atoms with E-state index in [1.54, 1.807) is 12.1 Å². The summed E-state index contributed by atoms with van der Waals surface area (Å²) in [5.74, 6) is 0. The van der Waals surface area contributed by atoms with Crippen LogP contribution in [-0.4, -0.2) is 0 Å². The van der Waals surface area contributed by atoms with Crippen molar-refractivity contribution >= 4 is 43.1 Å². The second-order valence-corrected chi connectivity index (χ2v) is 6.07. The van der Waals surface area contributed by atoms with Gasteiger partial charge in [-0.2, -0.15) is 0 Å². The third-order valence-electron chi connectivity index (χ3n) is 4.83. The maximum absolute atomic E-state index is 12.6. The average molecular weight is 308 g/mol. The Morgan fingerprint density at radius 2 is 0.583 bits per heavy atom. The summed E-state index contributed by atoms with van der Waals surface area (Å²) in [5.41, 5.74) is 0.0435. The first kappa shape index (κ1) is 13.2. The van der Waals surface area contributed by atoms with Crippen LogP contribution in [0, 0.1) is 0 Å². The first-order valence-electron chi connectivity index (χ1n) is 7.88. The minimum Gasteiger partial charge on any atom is -0.289 e. The van der Waals surface area contributed by atoms with Gasteiger partial charge in [-0.05, 0) is 33.7 Å². The Bertz CT molecular complexity index is 1280. The third kappa shape index (κ3) is 1.60. The fraction of sp³-hybridized carbons (Fsp3) is 0. The van der Waals surface area contributed by atoms with Crippen LogP contribution in [-0.2, 0) is 0 Å². The summed E-state index contributed by atoms with van der Waals surface area (Å²) in [7, 11) is 0. The molecule has 5 rings (SSSR count). The Balaban J connectivity index is 2.08. The molecule has 0 atom stereocenters. The summed E-state index contributed by atoms with van der Waals surface area (Å²) in [6, 6.07) is 22.8. The lowest BCUT2D eigenvalue weighted by Crippen LogP contribution is -1.94. The monoisotopic (exact) mass is 308 g/mol. The van der Waals surface area contributed by atoms with Crippen molar-refractivity contribution in [3.63, 3.8) is 0 Å². The van der Waals surface area contributed by atoms with Crippen LogP contribution in [0.25, 0.3) is 43.1 Å². The first-order valence-corrected chi connectivity index (χ1v) is 7.88. The van der Waals surface area contributed by atoms with E-state index in [1.165, 1.54) is 0 Å². The number of fused-ring (bicyclic) bond motifs is 6. The minimum absolute atomic E-state index is 0.0218. The number of rotatable bonds is 0. The molecular weight excluding hydrogens is 296 g/mol. The molecule has 0 saturated heterocycles. The molecule has 0 N–H and O–H groups in total. The summed E-state index contributed by atoms with van der Waals surface area (Å²) in [6.45, 7) is 0. The Morgan fingerprint density at radius 1 is 0.333 bits per heavy atom. The molecule has 0 aliphatic heterocycles. The lowest BCUT2D eigenvalue weighted by atomic mass is 10.1. The molecule has 0 aliphatic carbocycles. The van der Waals surface area contributed by atoms with E-state index >= 15 is 0 Å². The Hall–Kier alpha value is -3.26. The van der Waals surface area contributed by atoms with Gasteiger partial charge in [0.1, 0.15) is 0 Å². The molecular formula is C22H12O2. The van der Waals surface area contributed by atoms with Crippen LogP contribution in [0.2, 0.25) is 0 Å².